The van der Waals surface area contributed by atoms with Crippen molar-refractivity contribution in [3.63, 3.8) is 0 Å². The molecular formula is C36H32O. The summed E-state index contributed by atoms with van der Waals surface area (Å²) in [5, 5.41) is 8.63. The van der Waals surface area contributed by atoms with Crippen LogP contribution in [0.1, 0.15) is 62.1 Å². The van der Waals surface area contributed by atoms with Gasteiger partial charge >= 0.3 is 0 Å². The quantitative estimate of drug-likeness (QED) is 0.0958. The highest BCUT2D eigenvalue weighted by Crippen LogP contribution is 2.34. The van der Waals surface area contributed by atoms with Crippen LogP contribution in [-0.2, 0) is 6.42 Å². The third-order valence-electron chi connectivity index (χ3n) is 7.53. The predicted octanol–water partition coefficient (Wildman–Crippen LogP) is 10.2. The third-order valence-corrected chi connectivity index (χ3v) is 7.53. The second-order valence-electron chi connectivity index (χ2n) is 10.2. The molecule has 0 saturated carbocycles. The molecule has 0 atom stereocenters. The molecule has 0 aliphatic heterocycles. The molecule has 0 aliphatic rings. The van der Waals surface area contributed by atoms with E-state index in [9.17, 15) is 0 Å². The predicted molar refractivity (Wildman–Crippen MR) is 158 cm³/mol. The van der Waals surface area contributed by atoms with E-state index in [0.717, 1.165) is 16.7 Å². The Bertz CT molecular complexity index is 1760. The lowest BCUT2D eigenvalue weighted by atomic mass is 9.96. The fourth-order valence-corrected chi connectivity index (χ4v) is 5.43. The maximum Gasteiger partial charge on any atom is 0.134 e. The van der Waals surface area contributed by atoms with E-state index in [1.54, 1.807) is 6.26 Å². The number of furan rings is 1. The molecule has 5 aromatic carbocycles. The number of rotatable bonds is 7. The van der Waals surface area contributed by atoms with Gasteiger partial charge in [-0.05, 0) is 99.3 Å². The fraction of sp³-hybridized carbons (Fsp3) is 0.222. The van der Waals surface area contributed by atoms with Gasteiger partial charge in [0.05, 0.1) is 6.26 Å². The van der Waals surface area contributed by atoms with Crippen molar-refractivity contribution in [3.8, 4) is 11.8 Å². The highest BCUT2D eigenvalue weighted by atomic mass is 16.3. The first-order valence-electron chi connectivity index (χ1n) is 13.7. The Balaban J connectivity index is 1.21. The summed E-state index contributed by atoms with van der Waals surface area (Å²) in [7, 11) is 0. The molecule has 0 unspecified atom stereocenters. The van der Waals surface area contributed by atoms with E-state index in [1.165, 1.54) is 88.2 Å². The van der Waals surface area contributed by atoms with Crippen LogP contribution in [0.3, 0.4) is 0 Å². The SMILES string of the molecule is CCCCCCCCc1ccc(C#Cc2ccc3cc4c(ccc5c6ccoc6ccc45)cc3c2)cc1. The molecule has 0 bridgehead atoms. The van der Waals surface area contributed by atoms with Crippen molar-refractivity contribution in [2.75, 3.05) is 0 Å². The molecule has 1 heterocycles. The zero-order valence-electron chi connectivity index (χ0n) is 21.5. The van der Waals surface area contributed by atoms with Gasteiger partial charge in [0.1, 0.15) is 5.58 Å². The third kappa shape index (κ3) is 4.98. The van der Waals surface area contributed by atoms with E-state index >= 15 is 0 Å². The van der Waals surface area contributed by atoms with Crippen molar-refractivity contribution in [3.05, 3.63) is 108 Å². The van der Waals surface area contributed by atoms with Crippen molar-refractivity contribution in [2.24, 2.45) is 0 Å². The summed E-state index contributed by atoms with van der Waals surface area (Å²) >= 11 is 0. The van der Waals surface area contributed by atoms with Crippen LogP contribution in [0, 0.1) is 11.8 Å². The first-order valence-corrected chi connectivity index (χ1v) is 13.7. The monoisotopic (exact) mass is 480 g/mol. The van der Waals surface area contributed by atoms with Gasteiger partial charge in [-0.1, -0.05) is 87.3 Å². The molecule has 182 valence electrons. The van der Waals surface area contributed by atoms with Crippen molar-refractivity contribution in [2.45, 2.75) is 51.9 Å². The van der Waals surface area contributed by atoms with E-state index in [-0.39, 0.29) is 0 Å². The first kappa shape index (κ1) is 23.4. The molecular weight excluding hydrogens is 448 g/mol. The number of fused-ring (bicyclic) bond motifs is 6. The summed E-state index contributed by atoms with van der Waals surface area (Å²) in [6.45, 7) is 2.27. The second kappa shape index (κ2) is 10.5. The van der Waals surface area contributed by atoms with Crippen LogP contribution < -0.4 is 0 Å². The number of hydrogen-bond donors (Lipinski definition) is 0. The average Bonchev–Trinajstić information content (AvgIpc) is 3.42. The molecule has 6 aromatic rings. The average molecular weight is 481 g/mol. The maximum atomic E-state index is 5.60. The lowest BCUT2D eigenvalue weighted by Crippen LogP contribution is -1.87. The molecule has 0 radical (unpaired) electrons. The molecule has 1 nitrogen and oxygen atoms in total. The zero-order valence-corrected chi connectivity index (χ0v) is 21.5. The van der Waals surface area contributed by atoms with Crippen LogP contribution in [0.25, 0.3) is 43.3 Å². The summed E-state index contributed by atoms with van der Waals surface area (Å²) in [4.78, 5) is 0. The molecule has 6 rings (SSSR count). The fourth-order valence-electron chi connectivity index (χ4n) is 5.43. The molecule has 0 amide bonds. The van der Waals surface area contributed by atoms with Gasteiger partial charge in [0.2, 0.25) is 0 Å². The van der Waals surface area contributed by atoms with Gasteiger partial charge in [-0.15, -0.1) is 0 Å². The summed E-state index contributed by atoms with van der Waals surface area (Å²) < 4.78 is 5.60. The van der Waals surface area contributed by atoms with Gasteiger partial charge in [-0.2, -0.15) is 0 Å². The molecule has 1 aromatic heterocycles. The summed E-state index contributed by atoms with van der Waals surface area (Å²) in [5.41, 5.74) is 4.47. The Kier molecular flexibility index (Phi) is 6.66. The van der Waals surface area contributed by atoms with E-state index in [2.05, 4.69) is 104 Å². The topological polar surface area (TPSA) is 13.1 Å². The molecule has 0 spiro atoms. The Morgan fingerprint density at radius 2 is 1.27 bits per heavy atom. The number of aryl methyl sites for hydroxylation is 1. The van der Waals surface area contributed by atoms with Gasteiger partial charge in [0.15, 0.2) is 0 Å². The highest BCUT2D eigenvalue weighted by molar-refractivity contribution is 6.18. The zero-order chi connectivity index (χ0) is 25.0. The second-order valence-corrected chi connectivity index (χ2v) is 10.2. The van der Waals surface area contributed by atoms with Gasteiger partial charge in [-0.25, -0.2) is 0 Å². The lowest BCUT2D eigenvalue weighted by molar-refractivity contribution is 0.607. The standard InChI is InChI=1S/C36H32O/c1-2-3-4-5-6-7-8-26-9-11-27(12-10-26)13-14-28-15-16-29-25-35-30(24-31(29)23-28)17-18-32-33(35)19-20-36-34(32)21-22-37-36/h9-12,15-25H,2-8H2,1H3. The van der Waals surface area contributed by atoms with Gasteiger partial charge < -0.3 is 4.42 Å². The van der Waals surface area contributed by atoms with Crippen LogP contribution in [0.15, 0.2) is 95.6 Å². The van der Waals surface area contributed by atoms with Crippen LogP contribution in [0.4, 0.5) is 0 Å². The molecule has 0 fully saturated rings. The molecule has 0 aliphatic carbocycles. The summed E-state index contributed by atoms with van der Waals surface area (Å²) in [6, 6.07) is 30.7. The smallest absolute Gasteiger partial charge is 0.134 e. The van der Waals surface area contributed by atoms with E-state index in [4.69, 9.17) is 4.42 Å². The Labute approximate surface area is 219 Å². The van der Waals surface area contributed by atoms with Crippen molar-refractivity contribution < 1.29 is 4.42 Å². The normalized spacial score (nSPS) is 11.4. The molecule has 37 heavy (non-hydrogen) atoms. The molecule has 0 N–H and O–H groups in total. The van der Waals surface area contributed by atoms with E-state index in [1.807, 2.05) is 0 Å². The minimum atomic E-state index is 0.934. The minimum Gasteiger partial charge on any atom is -0.464 e. The van der Waals surface area contributed by atoms with E-state index < -0.39 is 0 Å². The number of benzene rings is 5. The molecule has 1 heteroatoms. The van der Waals surface area contributed by atoms with Crippen LogP contribution in [-0.4, -0.2) is 0 Å². The van der Waals surface area contributed by atoms with Gasteiger partial charge in [-0.3, -0.25) is 0 Å². The molecule has 0 saturated heterocycles. The largest absolute Gasteiger partial charge is 0.464 e. The number of hydrogen-bond acceptors (Lipinski definition) is 1. The van der Waals surface area contributed by atoms with Crippen LogP contribution in [0.2, 0.25) is 0 Å². The van der Waals surface area contributed by atoms with Crippen molar-refractivity contribution in [1.82, 2.24) is 0 Å². The highest BCUT2D eigenvalue weighted by Gasteiger charge is 2.08. The first-order chi connectivity index (χ1) is 18.3. The summed E-state index contributed by atoms with van der Waals surface area (Å²) in [5.74, 6) is 6.74. The van der Waals surface area contributed by atoms with Gasteiger partial charge in [0, 0.05) is 16.5 Å². The van der Waals surface area contributed by atoms with Crippen molar-refractivity contribution in [1.29, 1.82) is 0 Å². The summed E-state index contributed by atoms with van der Waals surface area (Å²) in [6.07, 6.45) is 11.0. The Hall–Kier alpha value is -4.02. The minimum absolute atomic E-state index is 0.934. The van der Waals surface area contributed by atoms with E-state index in [0.29, 0.717) is 0 Å². The number of unbranched alkanes of at least 4 members (excludes halogenated alkanes) is 5. The van der Waals surface area contributed by atoms with Gasteiger partial charge in [0.25, 0.3) is 0 Å². The maximum absolute atomic E-state index is 5.60. The Morgan fingerprint density at radius 1 is 0.541 bits per heavy atom. The Morgan fingerprint density at radius 3 is 2.16 bits per heavy atom. The van der Waals surface area contributed by atoms with Crippen LogP contribution >= 0.6 is 0 Å². The van der Waals surface area contributed by atoms with Crippen molar-refractivity contribution >= 4 is 43.3 Å². The van der Waals surface area contributed by atoms with Crippen LogP contribution in [0.5, 0.6) is 0 Å². The lowest BCUT2D eigenvalue weighted by Gasteiger charge is -2.07.